The lowest BCUT2D eigenvalue weighted by Crippen LogP contribution is -2.40. The molecule has 0 aromatic heterocycles. The Morgan fingerprint density at radius 3 is 2.12 bits per heavy atom. The van der Waals surface area contributed by atoms with Crippen LogP contribution in [0, 0.1) is 0 Å². The Morgan fingerprint density at radius 2 is 1.69 bits per heavy atom. The van der Waals surface area contributed by atoms with Gasteiger partial charge in [-0.25, -0.2) is 0 Å². The first-order valence-electron chi connectivity index (χ1n) is 4.79. The summed E-state index contributed by atoms with van der Waals surface area (Å²) in [5, 5.41) is 20.2. The highest BCUT2D eigenvalue weighted by atomic mass is 16.4. The van der Waals surface area contributed by atoms with Gasteiger partial charge in [-0.15, -0.1) is 0 Å². The molecule has 1 rings (SSSR count). The first-order valence-corrected chi connectivity index (χ1v) is 4.79. The first kappa shape index (κ1) is 12.2. The second-order valence-electron chi connectivity index (χ2n) is 3.41. The number of carboxylic acid groups (broad SMARTS) is 2. The van der Waals surface area contributed by atoms with Gasteiger partial charge in [0.1, 0.15) is 12.1 Å². The predicted octanol–water partition coefficient (Wildman–Crippen LogP) is 0.875. The Labute approximate surface area is 92.7 Å². The molecule has 0 aliphatic rings. The fourth-order valence-electron chi connectivity index (χ4n) is 1.28. The molecule has 0 aliphatic heterocycles. The van der Waals surface area contributed by atoms with Crippen LogP contribution in [0.3, 0.4) is 0 Å². The first-order chi connectivity index (χ1) is 7.52. The lowest BCUT2D eigenvalue weighted by Gasteiger charge is -2.17. The van der Waals surface area contributed by atoms with Crippen molar-refractivity contribution in [3.8, 4) is 0 Å². The third kappa shape index (κ3) is 3.06. The van der Waals surface area contributed by atoms with Gasteiger partial charge in [0, 0.05) is 0 Å². The minimum atomic E-state index is -1.10. The van der Waals surface area contributed by atoms with Crippen molar-refractivity contribution in [2.75, 3.05) is 0 Å². The van der Waals surface area contributed by atoms with Gasteiger partial charge in [-0.05, 0) is 12.5 Å². The summed E-state index contributed by atoms with van der Waals surface area (Å²) in [7, 11) is 0. The molecule has 0 bridgehead atoms. The summed E-state index contributed by atoms with van der Waals surface area (Å²) < 4.78 is 0. The number of carbonyl (C=O) groups is 2. The van der Waals surface area contributed by atoms with Crippen LogP contribution in [0.15, 0.2) is 30.3 Å². The fraction of sp³-hybridized carbons (Fsp3) is 0.273. The van der Waals surface area contributed by atoms with Crippen LogP contribution in [0.1, 0.15) is 18.5 Å². The van der Waals surface area contributed by atoms with E-state index in [4.69, 9.17) is 10.2 Å². The molecule has 16 heavy (non-hydrogen) atoms. The Balaban J connectivity index is 2.85. The molecular formula is C11H13NO4. The van der Waals surface area contributed by atoms with E-state index >= 15 is 0 Å². The molecule has 3 N–H and O–H groups in total. The Bertz CT molecular complexity index is 377. The molecule has 1 unspecified atom stereocenters. The highest BCUT2D eigenvalue weighted by Gasteiger charge is 2.23. The number of nitrogens with one attached hydrogen (secondary N) is 1. The highest BCUT2D eigenvalue weighted by molar-refractivity contribution is 5.78. The van der Waals surface area contributed by atoms with Gasteiger partial charge in [-0.1, -0.05) is 30.3 Å². The van der Waals surface area contributed by atoms with Gasteiger partial charge in [0.2, 0.25) is 0 Å². The van der Waals surface area contributed by atoms with Gasteiger partial charge in [-0.3, -0.25) is 14.9 Å². The average Bonchev–Trinajstić information content (AvgIpc) is 2.26. The molecular weight excluding hydrogens is 210 g/mol. The molecule has 2 atom stereocenters. The molecule has 0 spiro atoms. The van der Waals surface area contributed by atoms with Crippen LogP contribution in [-0.2, 0) is 9.59 Å². The largest absolute Gasteiger partial charge is 0.480 e. The van der Waals surface area contributed by atoms with Crippen LogP contribution < -0.4 is 5.32 Å². The van der Waals surface area contributed by atoms with Crippen molar-refractivity contribution in [1.29, 1.82) is 0 Å². The molecule has 1 aromatic rings. The van der Waals surface area contributed by atoms with Gasteiger partial charge in [-0.2, -0.15) is 0 Å². The number of rotatable bonds is 5. The molecule has 0 amide bonds. The molecule has 5 nitrogen and oxygen atoms in total. The van der Waals surface area contributed by atoms with Crippen LogP contribution in [-0.4, -0.2) is 28.2 Å². The van der Waals surface area contributed by atoms with E-state index in [-0.39, 0.29) is 0 Å². The maximum atomic E-state index is 11.0. The van der Waals surface area contributed by atoms with Crippen LogP contribution >= 0.6 is 0 Å². The van der Waals surface area contributed by atoms with E-state index in [0.717, 1.165) is 0 Å². The van der Waals surface area contributed by atoms with E-state index in [1.807, 2.05) is 0 Å². The molecule has 0 radical (unpaired) electrons. The van der Waals surface area contributed by atoms with E-state index < -0.39 is 24.0 Å². The van der Waals surface area contributed by atoms with Crippen molar-refractivity contribution in [3.63, 3.8) is 0 Å². The minimum Gasteiger partial charge on any atom is -0.480 e. The van der Waals surface area contributed by atoms with Gasteiger partial charge >= 0.3 is 11.9 Å². The summed E-state index contributed by atoms with van der Waals surface area (Å²) in [4.78, 5) is 21.6. The Kier molecular flexibility index (Phi) is 4.02. The topological polar surface area (TPSA) is 86.6 Å². The molecule has 0 saturated carbocycles. The summed E-state index contributed by atoms with van der Waals surface area (Å²) in [6, 6.07) is 6.54. The summed E-state index contributed by atoms with van der Waals surface area (Å²) in [6.45, 7) is 1.40. The zero-order chi connectivity index (χ0) is 12.1. The van der Waals surface area contributed by atoms with Gasteiger partial charge in [0.15, 0.2) is 0 Å². The molecule has 0 aliphatic carbocycles. The SMILES string of the molecule is CC(N[C@H](C(=O)O)c1ccccc1)C(=O)O. The molecule has 1 aromatic carbocycles. The lowest BCUT2D eigenvalue weighted by atomic mass is 10.1. The van der Waals surface area contributed by atoms with Crippen molar-refractivity contribution in [3.05, 3.63) is 35.9 Å². The minimum absolute atomic E-state index is 0.531. The van der Waals surface area contributed by atoms with Crippen LogP contribution in [0.2, 0.25) is 0 Å². The van der Waals surface area contributed by atoms with Crippen molar-refractivity contribution in [2.45, 2.75) is 19.0 Å². The second-order valence-corrected chi connectivity index (χ2v) is 3.41. The number of hydrogen-bond donors (Lipinski definition) is 3. The standard InChI is InChI=1S/C11H13NO4/c1-7(10(13)14)12-9(11(15)16)8-5-3-2-4-6-8/h2-7,9,12H,1H3,(H,13,14)(H,15,16)/t7?,9-/m0/s1. The smallest absolute Gasteiger partial charge is 0.325 e. The second kappa shape index (κ2) is 5.27. The number of hydrogen-bond acceptors (Lipinski definition) is 3. The van der Waals surface area contributed by atoms with Crippen LogP contribution in [0.5, 0.6) is 0 Å². The van der Waals surface area contributed by atoms with Crippen molar-refractivity contribution >= 4 is 11.9 Å². The Morgan fingerprint density at radius 1 is 1.12 bits per heavy atom. The van der Waals surface area contributed by atoms with E-state index in [0.29, 0.717) is 5.56 Å². The van der Waals surface area contributed by atoms with Gasteiger partial charge in [0.05, 0.1) is 0 Å². The monoisotopic (exact) mass is 223 g/mol. The quantitative estimate of drug-likeness (QED) is 0.689. The van der Waals surface area contributed by atoms with Crippen LogP contribution in [0.4, 0.5) is 0 Å². The van der Waals surface area contributed by atoms with E-state index in [9.17, 15) is 9.59 Å². The average molecular weight is 223 g/mol. The van der Waals surface area contributed by atoms with E-state index in [2.05, 4.69) is 5.32 Å². The van der Waals surface area contributed by atoms with Gasteiger partial charge in [0.25, 0.3) is 0 Å². The van der Waals surface area contributed by atoms with Crippen molar-refractivity contribution in [2.24, 2.45) is 0 Å². The third-order valence-corrected chi connectivity index (χ3v) is 2.17. The van der Waals surface area contributed by atoms with E-state index in [1.165, 1.54) is 6.92 Å². The normalized spacial score (nSPS) is 14.1. The zero-order valence-corrected chi connectivity index (χ0v) is 8.75. The van der Waals surface area contributed by atoms with Crippen LogP contribution in [0.25, 0.3) is 0 Å². The number of benzene rings is 1. The lowest BCUT2D eigenvalue weighted by molar-refractivity contribution is -0.142. The summed E-state index contributed by atoms with van der Waals surface area (Å²) in [5.41, 5.74) is 0.531. The van der Waals surface area contributed by atoms with Gasteiger partial charge < -0.3 is 10.2 Å². The summed E-state index contributed by atoms with van der Waals surface area (Å²) >= 11 is 0. The summed E-state index contributed by atoms with van der Waals surface area (Å²) in [5.74, 6) is -2.18. The molecule has 0 fully saturated rings. The maximum Gasteiger partial charge on any atom is 0.325 e. The zero-order valence-electron chi connectivity index (χ0n) is 8.75. The molecule has 86 valence electrons. The van der Waals surface area contributed by atoms with E-state index in [1.54, 1.807) is 30.3 Å². The summed E-state index contributed by atoms with van der Waals surface area (Å²) in [6.07, 6.45) is 0. The van der Waals surface area contributed by atoms with Crippen molar-refractivity contribution < 1.29 is 19.8 Å². The highest BCUT2D eigenvalue weighted by Crippen LogP contribution is 2.13. The number of carboxylic acids is 2. The van der Waals surface area contributed by atoms with Crippen molar-refractivity contribution in [1.82, 2.24) is 5.32 Å². The Hall–Kier alpha value is -1.88. The fourth-order valence-corrected chi connectivity index (χ4v) is 1.28. The molecule has 5 heteroatoms. The predicted molar refractivity (Wildman–Crippen MR) is 57.1 cm³/mol. The molecule has 0 saturated heterocycles. The maximum absolute atomic E-state index is 11.0. The number of aliphatic carboxylic acids is 2. The third-order valence-electron chi connectivity index (χ3n) is 2.17. The molecule has 0 heterocycles.